The SMILES string of the molecule is [Na+].[O-]P(=S)(OCc1ccccc1)OCc1ccccc1. The summed E-state index contributed by atoms with van der Waals surface area (Å²) < 4.78 is 10.4. The van der Waals surface area contributed by atoms with Gasteiger partial charge in [-0.15, -0.1) is 0 Å². The van der Waals surface area contributed by atoms with Gasteiger partial charge in [0, 0.05) is 0 Å². The average Bonchev–Trinajstić information content (AvgIpc) is 2.46. The van der Waals surface area contributed by atoms with Gasteiger partial charge >= 0.3 is 29.6 Å². The zero-order valence-corrected chi connectivity index (χ0v) is 15.0. The number of hydrogen-bond donors (Lipinski definition) is 0. The third-order valence-electron chi connectivity index (χ3n) is 2.46. The van der Waals surface area contributed by atoms with Crippen molar-refractivity contribution in [1.82, 2.24) is 0 Å². The average molecular weight is 316 g/mol. The Kier molecular flexibility index (Phi) is 8.18. The molecule has 0 unspecified atom stereocenters. The summed E-state index contributed by atoms with van der Waals surface area (Å²) in [4.78, 5) is 11.9. The third-order valence-corrected chi connectivity index (χ3v) is 3.99. The molecule has 0 bridgehead atoms. The Morgan fingerprint density at radius 1 is 0.800 bits per heavy atom. The normalized spacial score (nSPS) is 10.8. The summed E-state index contributed by atoms with van der Waals surface area (Å²) in [6, 6.07) is 18.9. The van der Waals surface area contributed by atoms with E-state index in [4.69, 9.17) is 20.9 Å². The van der Waals surface area contributed by atoms with Crippen LogP contribution in [0.2, 0.25) is 0 Å². The van der Waals surface area contributed by atoms with Crippen molar-refractivity contribution in [3.63, 3.8) is 0 Å². The molecule has 0 N–H and O–H groups in total. The minimum absolute atomic E-state index is 0. The topological polar surface area (TPSA) is 41.5 Å². The summed E-state index contributed by atoms with van der Waals surface area (Å²) in [7, 11) is 0. The molecule has 0 aliphatic heterocycles. The van der Waals surface area contributed by atoms with E-state index < -0.39 is 6.72 Å². The first kappa shape index (κ1) is 18.0. The van der Waals surface area contributed by atoms with Crippen LogP contribution in [0.1, 0.15) is 11.1 Å². The van der Waals surface area contributed by atoms with E-state index in [1.807, 2.05) is 60.7 Å². The molecular formula is C14H14NaO3PS. The Morgan fingerprint density at radius 2 is 1.15 bits per heavy atom. The van der Waals surface area contributed by atoms with Gasteiger partial charge in [0.2, 0.25) is 0 Å². The maximum Gasteiger partial charge on any atom is 1.00 e. The minimum Gasteiger partial charge on any atom is -0.780 e. The predicted octanol–water partition coefficient (Wildman–Crippen LogP) is 0.00880. The van der Waals surface area contributed by atoms with Crippen molar-refractivity contribution in [2.24, 2.45) is 0 Å². The maximum atomic E-state index is 11.9. The fourth-order valence-corrected chi connectivity index (χ4v) is 2.50. The van der Waals surface area contributed by atoms with Crippen molar-refractivity contribution in [2.75, 3.05) is 0 Å². The standard InChI is InChI=1S/C14H15O3PS.Na/c15-18(19,16-11-13-7-3-1-4-8-13)17-12-14-9-5-2-6-10-14;/h1-10H,11-12H2,(H,15,19);/q;+1/p-1. The molecule has 20 heavy (non-hydrogen) atoms. The van der Waals surface area contributed by atoms with Crippen LogP contribution >= 0.6 is 6.72 Å². The van der Waals surface area contributed by atoms with Gasteiger partial charge in [-0.3, -0.25) is 0 Å². The van der Waals surface area contributed by atoms with Crippen LogP contribution in [0.15, 0.2) is 60.7 Å². The molecule has 0 spiro atoms. The molecule has 2 aromatic rings. The quantitative estimate of drug-likeness (QED) is 0.556. The molecule has 0 aromatic heterocycles. The summed E-state index contributed by atoms with van der Waals surface area (Å²) in [6.45, 7) is -3.06. The smallest absolute Gasteiger partial charge is 0.780 e. The number of rotatable bonds is 6. The summed E-state index contributed by atoms with van der Waals surface area (Å²) in [5, 5.41) is 0. The van der Waals surface area contributed by atoms with E-state index in [9.17, 15) is 4.89 Å². The van der Waals surface area contributed by atoms with Gasteiger partial charge in [0.25, 0.3) is 0 Å². The molecule has 0 aliphatic rings. The van der Waals surface area contributed by atoms with Gasteiger partial charge in [0.15, 0.2) is 0 Å². The van der Waals surface area contributed by atoms with Crippen molar-refractivity contribution >= 4 is 18.5 Å². The van der Waals surface area contributed by atoms with E-state index in [0.717, 1.165) is 11.1 Å². The van der Waals surface area contributed by atoms with Gasteiger partial charge < -0.3 is 13.9 Å². The molecule has 0 radical (unpaired) electrons. The van der Waals surface area contributed by atoms with Crippen LogP contribution in [0.3, 0.4) is 0 Å². The van der Waals surface area contributed by atoms with Gasteiger partial charge in [-0.25, -0.2) is 0 Å². The molecule has 0 fully saturated rings. The Bertz CT molecular complexity index is 503. The largest absolute Gasteiger partial charge is 1.00 e. The molecule has 100 valence electrons. The minimum atomic E-state index is -3.44. The van der Waals surface area contributed by atoms with Gasteiger partial charge in [0.1, 0.15) is 6.72 Å². The number of hydrogen-bond acceptors (Lipinski definition) is 4. The van der Waals surface area contributed by atoms with Crippen LogP contribution in [-0.2, 0) is 34.1 Å². The fourth-order valence-electron chi connectivity index (χ4n) is 1.49. The monoisotopic (exact) mass is 316 g/mol. The molecule has 0 amide bonds. The second-order valence-corrected chi connectivity index (χ2v) is 6.72. The molecule has 3 nitrogen and oxygen atoms in total. The van der Waals surface area contributed by atoms with Crippen LogP contribution in [0, 0.1) is 0 Å². The van der Waals surface area contributed by atoms with Crippen molar-refractivity contribution in [2.45, 2.75) is 13.2 Å². The zero-order valence-electron chi connectivity index (χ0n) is 11.3. The Balaban J connectivity index is 0.00000200. The van der Waals surface area contributed by atoms with Crippen LogP contribution < -0.4 is 34.5 Å². The molecule has 2 aromatic carbocycles. The van der Waals surface area contributed by atoms with E-state index in [-0.39, 0.29) is 42.8 Å². The van der Waals surface area contributed by atoms with Gasteiger partial charge in [0.05, 0.1) is 13.2 Å². The first-order valence-corrected chi connectivity index (χ1v) is 8.39. The van der Waals surface area contributed by atoms with Crippen molar-refractivity contribution in [3.05, 3.63) is 71.8 Å². The summed E-state index contributed by atoms with van der Waals surface area (Å²) in [5.74, 6) is 0. The first-order chi connectivity index (χ1) is 9.16. The zero-order chi connectivity index (χ0) is 13.6. The molecule has 0 aliphatic carbocycles. The van der Waals surface area contributed by atoms with E-state index in [1.54, 1.807) is 0 Å². The van der Waals surface area contributed by atoms with Gasteiger partial charge in [-0.1, -0.05) is 72.5 Å². The molecule has 2 rings (SSSR count). The molecule has 0 saturated carbocycles. The number of benzene rings is 2. The fraction of sp³-hybridized carbons (Fsp3) is 0.143. The summed E-state index contributed by atoms with van der Waals surface area (Å²) in [6.07, 6.45) is 0. The molecule has 6 heteroatoms. The van der Waals surface area contributed by atoms with Crippen LogP contribution in [0.5, 0.6) is 0 Å². The second-order valence-electron chi connectivity index (χ2n) is 3.97. The van der Waals surface area contributed by atoms with Gasteiger partial charge in [-0.05, 0) is 11.1 Å². The molecular weight excluding hydrogens is 302 g/mol. The predicted molar refractivity (Wildman–Crippen MR) is 76.7 cm³/mol. The third kappa shape index (κ3) is 6.61. The van der Waals surface area contributed by atoms with E-state index in [0.29, 0.717) is 0 Å². The maximum absolute atomic E-state index is 11.9. The second kappa shape index (κ2) is 9.08. The van der Waals surface area contributed by atoms with Crippen molar-refractivity contribution in [3.8, 4) is 0 Å². The molecule has 0 saturated heterocycles. The Morgan fingerprint density at radius 3 is 1.50 bits per heavy atom. The van der Waals surface area contributed by atoms with Gasteiger partial charge in [-0.2, -0.15) is 0 Å². The van der Waals surface area contributed by atoms with E-state index >= 15 is 0 Å². The van der Waals surface area contributed by atoms with Crippen molar-refractivity contribution in [1.29, 1.82) is 0 Å². The summed E-state index contributed by atoms with van der Waals surface area (Å²) >= 11 is 4.85. The van der Waals surface area contributed by atoms with Crippen LogP contribution in [0.25, 0.3) is 0 Å². The first-order valence-electron chi connectivity index (χ1n) is 5.84. The summed E-state index contributed by atoms with van der Waals surface area (Å²) in [5.41, 5.74) is 1.83. The van der Waals surface area contributed by atoms with Crippen LogP contribution in [-0.4, -0.2) is 0 Å². The molecule has 0 atom stereocenters. The van der Waals surface area contributed by atoms with E-state index in [1.165, 1.54) is 0 Å². The van der Waals surface area contributed by atoms with Crippen molar-refractivity contribution < 1.29 is 43.5 Å². The Hall–Kier alpha value is -0.0300. The Labute approximate surface area is 146 Å². The van der Waals surface area contributed by atoms with E-state index in [2.05, 4.69) is 0 Å². The van der Waals surface area contributed by atoms with Crippen LogP contribution in [0.4, 0.5) is 0 Å². The molecule has 0 heterocycles.